The molecule has 19 heavy (non-hydrogen) atoms. The Morgan fingerprint density at radius 3 is 2.89 bits per heavy atom. The third kappa shape index (κ3) is 2.42. The molecular weight excluding hydrogens is 308 g/mol. The summed E-state index contributed by atoms with van der Waals surface area (Å²) in [6, 6.07) is 7.31. The predicted molar refractivity (Wildman–Crippen MR) is 75.2 cm³/mol. The molecule has 0 radical (unpaired) electrons. The zero-order valence-corrected chi connectivity index (χ0v) is 11.9. The van der Waals surface area contributed by atoms with E-state index in [-0.39, 0.29) is 5.91 Å². The van der Waals surface area contributed by atoms with Gasteiger partial charge in [-0.3, -0.25) is 10.1 Å². The minimum atomic E-state index is -0.183. The molecule has 0 atom stereocenters. The van der Waals surface area contributed by atoms with Crippen molar-refractivity contribution < 1.29 is 9.32 Å². The number of fused-ring (bicyclic) bond motifs is 1. The summed E-state index contributed by atoms with van der Waals surface area (Å²) in [5.74, 6) is 0.312. The number of amides is 1. The molecule has 1 heterocycles. The van der Waals surface area contributed by atoms with Gasteiger partial charge in [-0.15, -0.1) is 0 Å². The van der Waals surface area contributed by atoms with Gasteiger partial charge in [0.25, 0.3) is 5.91 Å². The van der Waals surface area contributed by atoms with Gasteiger partial charge in [-0.25, -0.2) is 0 Å². The number of benzene rings is 1. The van der Waals surface area contributed by atoms with Crippen LogP contribution in [0.25, 0.3) is 0 Å². The number of nitrogens with zero attached hydrogens (tertiary/aromatic N) is 1. The second kappa shape index (κ2) is 5.17. The van der Waals surface area contributed by atoms with E-state index in [2.05, 4.69) is 26.4 Å². The Morgan fingerprint density at radius 2 is 2.05 bits per heavy atom. The Morgan fingerprint density at radius 1 is 1.26 bits per heavy atom. The van der Waals surface area contributed by atoms with Crippen LogP contribution in [-0.4, -0.2) is 11.1 Å². The van der Waals surface area contributed by atoms with E-state index in [1.54, 1.807) is 6.07 Å². The van der Waals surface area contributed by atoms with Gasteiger partial charge >= 0.3 is 0 Å². The van der Waals surface area contributed by atoms with Gasteiger partial charge in [0.1, 0.15) is 0 Å². The van der Waals surface area contributed by atoms with E-state index in [0.29, 0.717) is 11.4 Å². The second-order valence-corrected chi connectivity index (χ2v) is 5.43. The van der Waals surface area contributed by atoms with Crippen molar-refractivity contribution in [2.24, 2.45) is 0 Å². The molecular formula is C14H13BrN2O2. The second-order valence-electron chi connectivity index (χ2n) is 4.58. The van der Waals surface area contributed by atoms with E-state index in [1.165, 1.54) is 0 Å². The summed E-state index contributed by atoms with van der Waals surface area (Å²) in [5.41, 5.74) is 2.61. The van der Waals surface area contributed by atoms with E-state index in [1.807, 2.05) is 18.2 Å². The molecule has 4 nitrogen and oxygen atoms in total. The minimum Gasteiger partial charge on any atom is -0.338 e. The zero-order valence-electron chi connectivity index (χ0n) is 10.3. The summed E-state index contributed by atoms with van der Waals surface area (Å²) in [6.45, 7) is 0. The number of aryl methyl sites for hydroxylation is 1. The van der Waals surface area contributed by atoms with Crippen molar-refractivity contribution in [1.82, 2.24) is 5.16 Å². The number of anilines is 1. The molecule has 1 aromatic carbocycles. The van der Waals surface area contributed by atoms with Crippen LogP contribution in [0, 0.1) is 0 Å². The number of halogens is 1. The highest BCUT2D eigenvalue weighted by molar-refractivity contribution is 9.10. The molecule has 0 bridgehead atoms. The van der Waals surface area contributed by atoms with Crippen molar-refractivity contribution in [3.8, 4) is 0 Å². The first-order chi connectivity index (χ1) is 9.25. The molecule has 1 amide bonds. The highest BCUT2D eigenvalue weighted by Crippen LogP contribution is 2.28. The molecule has 0 saturated carbocycles. The predicted octanol–water partition coefficient (Wildman–Crippen LogP) is 3.57. The van der Waals surface area contributed by atoms with Gasteiger partial charge in [0.15, 0.2) is 0 Å². The Labute approximate surface area is 119 Å². The fraction of sp³-hybridized carbons (Fsp3) is 0.286. The lowest BCUT2D eigenvalue weighted by molar-refractivity contribution is 0.102. The first kappa shape index (κ1) is 12.4. The molecule has 1 N–H and O–H groups in total. The molecule has 1 aromatic heterocycles. The lowest BCUT2D eigenvalue weighted by Gasteiger charge is -2.10. The first-order valence-electron chi connectivity index (χ1n) is 6.29. The number of hydrogen-bond acceptors (Lipinski definition) is 3. The van der Waals surface area contributed by atoms with Crippen LogP contribution >= 0.6 is 15.9 Å². The third-order valence-electron chi connectivity index (χ3n) is 3.31. The summed E-state index contributed by atoms with van der Waals surface area (Å²) in [7, 11) is 0. The van der Waals surface area contributed by atoms with Crippen molar-refractivity contribution in [2.75, 3.05) is 5.32 Å². The Kier molecular flexibility index (Phi) is 3.38. The lowest BCUT2D eigenvalue weighted by atomic mass is 9.97. The Hall–Kier alpha value is -1.62. The molecule has 1 aliphatic rings. The highest BCUT2D eigenvalue weighted by atomic mass is 79.9. The van der Waals surface area contributed by atoms with Crippen molar-refractivity contribution in [3.63, 3.8) is 0 Å². The fourth-order valence-corrected chi connectivity index (χ4v) is 2.77. The van der Waals surface area contributed by atoms with Crippen LogP contribution in [0.5, 0.6) is 0 Å². The number of carbonyl (C=O) groups is 1. The molecule has 3 rings (SSSR count). The van der Waals surface area contributed by atoms with E-state index in [0.717, 1.165) is 41.4 Å². The Balaban J connectivity index is 1.84. The van der Waals surface area contributed by atoms with Gasteiger partial charge in [0, 0.05) is 10.0 Å². The molecule has 0 spiro atoms. The monoisotopic (exact) mass is 320 g/mol. The van der Waals surface area contributed by atoms with Gasteiger partial charge in [-0.2, -0.15) is 0 Å². The van der Waals surface area contributed by atoms with Gasteiger partial charge in [0.05, 0.1) is 11.3 Å². The van der Waals surface area contributed by atoms with Crippen LogP contribution in [-0.2, 0) is 12.8 Å². The number of hydrogen-bond donors (Lipinski definition) is 1. The fourth-order valence-electron chi connectivity index (χ4n) is 2.30. The quantitative estimate of drug-likeness (QED) is 0.920. The van der Waals surface area contributed by atoms with Crippen LogP contribution < -0.4 is 5.32 Å². The average molecular weight is 321 g/mol. The van der Waals surface area contributed by atoms with E-state index >= 15 is 0 Å². The normalized spacial score (nSPS) is 13.9. The van der Waals surface area contributed by atoms with E-state index < -0.39 is 0 Å². The molecule has 0 saturated heterocycles. The molecule has 0 fully saturated rings. The van der Waals surface area contributed by atoms with Crippen molar-refractivity contribution in [3.05, 3.63) is 45.6 Å². The van der Waals surface area contributed by atoms with Crippen LogP contribution in [0.15, 0.2) is 33.3 Å². The van der Waals surface area contributed by atoms with Gasteiger partial charge in [-0.05, 0) is 53.7 Å². The van der Waals surface area contributed by atoms with Crippen LogP contribution in [0.3, 0.4) is 0 Å². The maximum Gasteiger partial charge on any atom is 0.259 e. The molecule has 5 heteroatoms. The summed E-state index contributed by atoms with van der Waals surface area (Å²) >= 11 is 3.37. The summed E-state index contributed by atoms with van der Waals surface area (Å²) < 4.78 is 6.02. The topological polar surface area (TPSA) is 55.1 Å². The number of aromatic nitrogens is 1. The molecule has 98 valence electrons. The largest absolute Gasteiger partial charge is 0.338 e. The van der Waals surface area contributed by atoms with Crippen LogP contribution in [0.2, 0.25) is 0 Å². The average Bonchev–Trinajstić information content (AvgIpc) is 2.83. The number of carbonyl (C=O) groups excluding carboxylic acids is 1. The van der Waals surface area contributed by atoms with Gasteiger partial charge in [0.2, 0.25) is 5.88 Å². The van der Waals surface area contributed by atoms with Crippen LogP contribution in [0.1, 0.15) is 34.5 Å². The van der Waals surface area contributed by atoms with Crippen molar-refractivity contribution in [1.29, 1.82) is 0 Å². The van der Waals surface area contributed by atoms with Crippen molar-refractivity contribution in [2.45, 2.75) is 25.7 Å². The minimum absolute atomic E-state index is 0.183. The summed E-state index contributed by atoms with van der Waals surface area (Å²) in [6.07, 6.45) is 4.11. The molecule has 0 unspecified atom stereocenters. The van der Waals surface area contributed by atoms with E-state index in [9.17, 15) is 4.79 Å². The summed E-state index contributed by atoms with van der Waals surface area (Å²) in [5, 5.41) is 6.83. The molecule has 2 aromatic rings. The lowest BCUT2D eigenvalue weighted by Crippen LogP contribution is -2.14. The SMILES string of the molecule is O=C(Nc1onc2c1CCCC2)c1ccccc1Br. The third-order valence-corrected chi connectivity index (χ3v) is 4.00. The maximum absolute atomic E-state index is 12.2. The highest BCUT2D eigenvalue weighted by Gasteiger charge is 2.21. The molecule has 1 aliphatic carbocycles. The zero-order chi connectivity index (χ0) is 13.2. The number of rotatable bonds is 2. The Bertz CT molecular complexity index is 622. The van der Waals surface area contributed by atoms with Gasteiger partial charge < -0.3 is 4.52 Å². The maximum atomic E-state index is 12.2. The standard InChI is InChI=1S/C14H13BrN2O2/c15-11-7-3-1-5-9(11)13(18)16-14-10-6-2-4-8-12(10)17-19-14/h1,3,5,7H,2,4,6,8H2,(H,16,18). The van der Waals surface area contributed by atoms with Crippen LogP contribution in [0.4, 0.5) is 5.88 Å². The summed E-state index contributed by atoms with van der Waals surface area (Å²) in [4.78, 5) is 12.2. The first-order valence-corrected chi connectivity index (χ1v) is 7.08. The number of nitrogens with one attached hydrogen (secondary N) is 1. The van der Waals surface area contributed by atoms with E-state index in [4.69, 9.17) is 4.52 Å². The molecule has 0 aliphatic heterocycles. The van der Waals surface area contributed by atoms with Crippen molar-refractivity contribution >= 4 is 27.7 Å². The van der Waals surface area contributed by atoms with Gasteiger partial charge in [-0.1, -0.05) is 17.3 Å². The smallest absolute Gasteiger partial charge is 0.259 e.